The van der Waals surface area contributed by atoms with E-state index in [1.54, 1.807) is 7.05 Å². The van der Waals surface area contributed by atoms with Gasteiger partial charge in [-0.15, -0.1) is 0 Å². The lowest BCUT2D eigenvalue weighted by Gasteiger charge is -2.21. The maximum Gasteiger partial charge on any atom is 0.409 e. The SMILES string of the molecule is CC(=O)OCCN(C)C(=O)OCC(C)(C)C.CC(C)COC(=O)C(C)(C)C. The number of likely N-dealkylation sites (N-methyl/N-ethyl adjacent to an activating group) is 1. The van der Waals surface area contributed by atoms with Gasteiger partial charge in [0.05, 0.1) is 25.2 Å². The molecule has 7 heteroatoms. The zero-order chi connectivity index (χ0) is 21.8. The van der Waals surface area contributed by atoms with Crippen LogP contribution in [-0.2, 0) is 23.8 Å². The topological polar surface area (TPSA) is 82.1 Å². The first-order valence-corrected chi connectivity index (χ1v) is 9.24. The molecule has 0 spiro atoms. The van der Waals surface area contributed by atoms with Crippen molar-refractivity contribution >= 4 is 18.0 Å². The summed E-state index contributed by atoms with van der Waals surface area (Å²) in [4.78, 5) is 34.5. The highest BCUT2D eigenvalue weighted by Crippen LogP contribution is 2.15. The average Bonchev–Trinajstić information content (AvgIpc) is 2.48. The molecule has 0 aliphatic heterocycles. The Morgan fingerprint density at radius 2 is 1.44 bits per heavy atom. The lowest BCUT2D eigenvalue weighted by Crippen LogP contribution is -2.33. The molecule has 0 aliphatic rings. The number of esters is 2. The summed E-state index contributed by atoms with van der Waals surface area (Å²) in [6.07, 6.45) is -0.401. The maximum absolute atomic E-state index is 11.4. The van der Waals surface area contributed by atoms with E-state index in [-0.39, 0.29) is 29.4 Å². The van der Waals surface area contributed by atoms with Gasteiger partial charge in [0.15, 0.2) is 0 Å². The van der Waals surface area contributed by atoms with Gasteiger partial charge in [-0.2, -0.15) is 0 Å². The Kier molecular flexibility index (Phi) is 12.8. The Labute approximate surface area is 164 Å². The standard InChI is InChI=1S/C11H21NO4.C9H18O2/c1-9(13)15-7-6-12(5)10(14)16-8-11(2,3)4;1-7(2)6-11-8(10)9(3,4)5/h6-8H2,1-5H3;7H,6H2,1-5H3. The third-order valence-corrected chi connectivity index (χ3v) is 2.83. The summed E-state index contributed by atoms with van der Waals surface area (Å²) in [5.41, 5.74) is -0.415. The molecule has 1 amide bonds. The van der Waals surface area contributed by atoms with E-state index in [2.05, 4.69) is 0 Å². The van der Waals surface area contributed by atoms with Crippen molar-refractivity contribution in [2.75, 3.05) is 33.4 Å². The zero-order valence-corrected chi connectivity index (χ0v) is 18.8. The Hall–Kier alpha value is -1.79. The summed E-state index contributed by atoms with van der Waals surface area (Å²) in [6, 6.07) is 0. The molecule has 27 heavy (non-hydrogen) atoms. The van der Waals surface area contributed by atoms with Crippen molar-refractivity contribution < 1.29 is 28.6 Å². The molecular weight excluding hydrogens is 350 g/mol. The molecule has 0 atom stereocenters. The minimum Gasteiger partial charge on any atom is -0.465 e. The molecule has 0 saturated carbocycles. The molecule has 0 fully saturated rings. The first kappa shape index (κ1) is 27.4. The quantitative estimate of drug-likeness (QED) is 0.506. The summed E-state index contributed by atoms with van der Waals surface area (Å²) >= 11 is 0. The second-order valence-corrected chi connectivity index (χ2v) is 9.12. The highest BCUT2D eigenvalue weighted by atomic mass is 16.6. The minimum absolute atomic E-state index is 0.0492. The summed E-state index contributed by atoms with van der Waals surface area (Å²) in [5.74, 6) is -0.0519. The molecular formula is C20H39NO6. The first-order chi connectivity index (χ1) is 12.1. The fraction of sp³-hybridized carbons (Fsp3) is 0.850. The van der Waals surface area contributed by atoms with Gasteiger partial charge in [-0.25, -0.2) is 4.79 Å². The van der Waals surface area contributed by atoms with E-state index in [1.165, 1.54) is 11.8 Å². The van der Waals surface area contributed by atoms with Crippen LogP contribution >= 0.6 is 0 Å². The highest BCUT2D eigenvalue weighted by Gasteiger charge is 2.22. The van der Waals surface area contributed by atoms with Crippen molar-refractivity contribution in [3.05, 3.63) is 0 Å². The number of rotatable bonds is 6. The van der Waals surface area contributed by atoms with Crippen LogP contribution < -0.4 is 0 Å². The molecule has 0 heterocycles. The molecule has 0 rings (SSSR count). The van der Waals surface area contributed by atoms with Gasteiger partial charge in [0.1, 0.15) is 6.61 Å². The predicted molar refractivity (Wildman–Crippen MR) is 105 cm³/mol. The van der Waals surface area contributed by atoms with Gasteiger partial charge in [-0.05, 0) is 32.1 Å². The van der Waals surface area contributed by atoms with E-state index in [0.29, 0.717) is 25.7 Å². The fourth-order valence-corrected chi connectivity index (χ4v) is 1.26. The lowest BCUT2D eigenvalue weighted by molar-refractivity contribution is -0.154. The first-order valence-electron chi connectivity index (χ1n) is 9.24. The van der Waals surface area contributed by atoms with Crippen LogP contribution in [0.25, 0.3) is 0 Å². The smallest absolute Gasteiger partial charge is 0.409 e. The van der Waals surface area contributed by atoms with Crippen molar-refractivity contribution in [2.24, 2.45) is 16.7 Å². The molecule has 0 aliphatic carbocycles. The number of hydrogen-bond acceptors (Lipinski definition) is 6. The molecule has 160 valence electrons. The van der Waals surface area contributed by atoms with Crippen molar-refractivity contribution in [3.63, 3.8) is 0 Å². The number of amides is 1. The lowest BCUT2D eigenvalue weighted by atomic mass is 9.97. The molecule has 0 unspecified atom stereocenters. The zero-order valence-electron chi connectivity index (χ0n) is 18.8. The van der Waals surface area contributed by atoms with E-state index in [9.17, 15) is 14.4 Å². The molecule has 0 aromatic carbocycles. The number of nitrogens with zero attached hydrogens (tertiary/aromatic N) is 1. The van der Waals surface area contributed by atoms with E-state index in [0.717, 1.165) is 0 Å². The van der Waals surface area contributed by atoms with Gasteiger partial charge in [0, 0.05) is 14.0 Å². The number of ether oxygens (including phenoxy) is 3. The molecule has 0 saturated heterocycles. The van der Waals surface area contributed by atoms with Crippen LogP contribution in [0.4, 0.5) is 4.79 Å². The predicted octanol–water partition coefficient (Wildman–Crippen LogP) is 3.90. The second kappa shape index (κ2) is 12.6. The molecule has 0 N–H and O–H groups in total. The van der Waals surface area contributed by atoms with Crippen LogP contribution in [0, 0.1) is 16.7 Å². The molecule has 0 aromatic rings. The summed E-state index contributed by atoms with van der Waals surface area (Å²) in [7, 11) is 1.61. The normalized spacial score (nSPS) is 11.2. The molecule has 0 aromatic heterocycles. The van der Waals surface area contributed by atoms with Crippen molar-refractivity contribution in [2.45, 2.75) is 62.3 Å². The molecule has 0 bridgehead atoms. The number of carbonyl (C=O) groups is 3. The number of carbonyl (C=O) groups excluding carboxylic acids is 3. The largest absolute Gasteiger partial charge is 0.465 e. The summed E-state index contributed by atoms with van der Waals surface area (Å²) < 4.78 is 14.8. The van der Waals surface area contributed by atoms with E-state index >= 15 is 0 Å². The average molecular weight is 390 g/mol. The van der Waals surface area contributed by atoms with Crippen LogP contribution in [-0.4, -0.2) is 56.3 Å². The van der Waals surface area contributed by atoms with E-state index in [1.807, 2.05) is 55.4 Å². The van der Waals surface area contributed by atoms with Crippen LogP contribution in [0.15, 0.2) is 0 Å². The van der Waals surface area contributed by atoms with Crippen molar-refractivity contribution in [1.82, 2.24) is 4.90 Å². The Bertz CT molecular complexity index is 460. The summed E-state index contributed by atoms with van der Waals surface area (Å²) in [6.45, 7) is 18.3. The summed E-state index contributed by atoms with van der Waals surface area (Å²) in [5, 5.41) is 0. The van der Waals surface area contributed by atoms with Crippen molar-refractivity contribution in [3.8, 4) is 0 Å². The Morgan fingerprint density at radius 1 is 0.926 bits per heavy atom. The van der Waals surface area contributed by atoms with E-state index < -0.39 is 6.09 Å². The van der Waals surface area contributed by atoms with Crippen LogP contribution in [0.2, 0.25) is 0 Å². The van der Waals surface area contributed by atoms with Gasteiger partial charge in [-0.1, -0.05) is 34.6 Å². The maximum atomic E-state index is 11.4. The third kappa shape index (κ3) is 18.8. The second-order valence-electron chi connectivity index (χ2n) is 9.12. The molecule has 7 nitrogen and oxygen atoms in total. The van der Waals surface area contributed by atoms with Gasteiger partial charge in [0.2, 0.25) is 0 Å². The van der Waals surface area contributed by atoms with Gasteiger partial charge in [-0.3, -0.25) is 9.59 Å². The van der Waals surface area contributed by atoms with Crippen LogP contribution in [0.5, 0.6) is 0 Å². The van der Waals surface area contributed by atoms with Crippen LogP contribution in [0.1, 0.15) is 62.3 Å². The Morgan fingerprint density at radius 3 is 1.81 bits per heavy atom. The minimum atomic E-state index is -0.401. The van der Waals surface area contributed by atoms with E-state index in [4.69, 9.17) is 14.2 Å². The molecule has 0 radical (unpaired) electrons. The van der Waals surface area contributed by atoms with Gasteiger partial charge < -0.3 is 19.1 Å². The Balaban J connectivity index is 0. The number of hydrogen-bond donors (Lipinski definition) is 0. The van der Waals surface area contributed by atoms with Gasteiger partial charge >= 0.3 is 18.0 Å². The highest BCUT2D eigenvalue weighted by molar-refractivity contribution is 5.75. The monoisotopic (exact) mass is 389 g/mol. The van der Waals surface area contributed by atoms with Gasteiger partial charge in [0.25, 0.3) is 0 Å². The van der Waals surface area contributed by atoms with Crippen LogP contribution in [0.3, 0.4) is 0 Å². The van der Waals surface area contributed by atoms with Crippen molar-refractivity contribution in [1.29, 1.82) is 0 Å². The third-order valence-electron chi connectivity index (χ3n) is 2.83. The fourth-order valence-electron chi connectivity index (χ4n) is 1.26.